The largest absolute Gasteiger partial charge is 0.465 e. The van der Waals surface area contributed by atoms with Crippen LogP contribution in [0.3, 0.4) is 0 Å². The number of amides is 3. The Labute approximate surface area is 183 Å². The molecule has 0 bridgehead atoms. The molecule has 0 saturated heterocycles. The summed E-state index contributed by atoms with van der Waals surface area (Å²) >= 11 is 0. The lowest BCUT2D eigenvalue weighted by molar-refractivity contribution is -0.113. The van der Waals surface area contributed by atoms with E-state index in [1.807, 2.05) is 0 Å². The van der Waals surface area contributed by atoms with Crippen LogP contribution in [0.4, 0.5) is 19.3 Å². The summed E-state index contributed by atoms with van der Waals surface area (Å²) in [5, 5.41) is 5.44. The fraction of sp³-hybridized carbons (Fsp3) is 0.261. The van der Waals surface area contributed by atoms with Gasteiger partial charge in [0.1, 0.15) is 0 Å². The molecule has 32 heavy (non-hydrogen) atoms. The van der Waals surface area contributed by atoms with E-state index in [-0.39, 0.29) is 23.3 Å². The van der Waals surface area contributed by atoms with Crippen molar-refractivity contribution in [1.82, 2.24) is 10.2 Å². The van der Waals surface area contributed by atoms with Gasteiger partial charge in [-0.2, -0.15) is 0 Å². The summed E-state index contributed by atoms with van der Waals surface area (Å²) in [7, 11) is 1.27. The van der Waals surface area contributed by atoms with Crippen LogP contribution in [0.2, 0.25) is 0 Å². The van der Waals surface area contributed by atoms with Crippen molar-refractivity contribution in [2.75, 3.05) is 12.4 Å². The number of anilines is 1. The molecule has 4 rings (SSSR count). The topological polar surface area (TPSA) is 87.7 Å². The van der Waals surface area contributed by atoms with Crippen molar-refractivity contribution in [1.29, 1.82) is 0 Å². The third-order valence-electron chi connectivity index (χ3n) is 5.53. The monoisotopic (exact) mass is 441 g/mol. The van der Waals surface area contributed by atoms with Crippen LogP contribution in [0.15, 0.2) is 53.7 Å². The number of benzene rings is 2. The fourth-order valence-corrected chi connectivity index (χ4v) is 3.78. The fourth-order valence-electron chi connectivity index (χ4n) is 3.78. The second-order valence-electron chi connectivity index (χ2n) is 7.68. The van der Waals surface area contributed by atoms with Gasteiger partial charge in [0.15, 0.2) is 11.6 Å². The number of carbonyl (C=O) groups excluding carboxylic acids is 3. The van der Waals surface area contributed by atoms with E-state index in [4.69, 9.17) is 4.74 Å². The van der Waals surface area contributed by atoms with Crippen LogP contribution in [0.1, 0.15) is 41.7 Å². The first-order valence-corrected chi connectivity index (χ1v) is 10.1. The van der Waals surface area contributed by atoms with Gasteiger partial charge in [0.25, 0.3) is 5.91 Å². The molecule has 0 radical (unpaired) electrons. The van der Waals surface area contributed by atoms with Gasteiger partial charge in [0.05, 0.1) is 24.3 Å². The van der Waals surface area contributed by atoms with Crippen molar-refractivity contribution < 1.29 is 27.9 Å². The quantitative estimate of drug-likeness (QED) is 0.689. The Bertz CT molecular complexity index is 1130. The highest BCUT2D eigenvalue weighted by Gasteiger charge is 2.42. The third kappa shape index (κ3) is 4.05. The molecule has 2 aromatic rings. The molecular formula is C23H21F2N3O4. The van der Waals surface area contributed by atoms with Gasteiger partial charge in [-0.05, 0) is 49.6 Å². The molecule has 1 atom stereocenters. The number of esters is 1. The van der Waals surface area contributed by atoms with Gasteiger partial charge in [0, 0.05) is 23.5 Å². The number of rotatable bonds is 5. The first-order valence-electron chi connectivity index (χ1n) is 10.1. The molecule has 2 N–H and O–H groups in total. The first-order chi connectivity index (χ1) is 15.3. The van der Waals surface area contributed by atoms with Crippen molar-refractivity contribution >= 4 is 23.6 Å². The minimum absolute atomic E-state index is 0.0173. The van der Waals surface area contributed by atoms with E-state index in [1.54, 1.807) is 36.1 Å². The molecule has 2 aromatic carbocycles. The minimum atomic E-state index is -1.08. The zero-order chi connectivity index (χ0) is 23.0. The highest BCUT2D eigenvalue weighted by molar-refractivity contribution is 6.06. The number of nitrogens with one attached hydrogen (secondary N) is 2. The molecule has 1 fully saturated rings. The smallest absolute Gasteiger partial charge is 0.337 e. The van der Waals surface area contributed by atoms with Gasteiger partial charge in [0.2, 0.25) is 0 Å². The van der Waals surface area contributed by atoms with Crippen LogP contribution in [-0.4, -0.2) is 36.0 Å². The van der Waals surface area contributed by atoms with Gasteiger partial charge in [-0.1, -0.05) is 12.1 Å². The minimum Gasteiger partial charge on any atom is -0.465 e. The number of methoxy groups -OCH3 is 1. The van der Waals surface area contributed by atoms with E-state index in [0.717, 1.165) is 25.0 Å². The molecule has 1 saturated carbocycles. The summed E-state index contributed by atoms with van der Waals surface area (Å²) in [6.45, 7) is 1.69. The van der Waals surface area contributed by atoms with E-state index in [9.17, 15) is 23.2 Å². The summed E-state index contributed by atoms with van der Waals surface area (Å²) in [6, 6.07) is 8.31. The molecule has 0 aromatic heterocycles. The van der Waals surface area contributed by atoms with Gasteiger partial charge in [-0.3, -0.25) is 9.69 Å². The maximum atomic E-state index is 13.6. The third-order valence-corrected chi connectivity index (χ3v) is 5.53. The average molecular weight is 441 g/mol. The Kier molecular flexibility index (Phi) is 5.65. The number of hydrogen-bond acceptors (Lipinski definition) is 4. The van der Waals surface area contributed by atoms with E-state index in [2.05, 4.69) is 10.6 Å². The Morgan fingerprint density at radius 2 is 1.78 bits per heavy atom. The second-order valence-corrected chi connectivity index (χ2v) is 7.68. The Balaban J connectivity index is 1.71. The van der Waals surface area contributed by atoms with E-state index < -0.39 is 29.6 Å². The zero-order valence-corrected chi connectivity index (χ0v) is 17.4. The lowest BCUT2D eigenvalue weighted by Crippen LogP contribution is -2.49. The lowest BCUT2D eigenvalue weighted by Gasteiger charge is -2.36. The second kappa shape index (κ2) is 8.41. The van der Waals surface area contributed by atoms with E-state index in [1.165, 1.54) is 13.2 Å². The molecule has 1 unspecified atom stereocenters. The van der Waals surface area contributed by atoms with Gasteiger partial charge >= 0.3 is 12.0 Å². The number of ether oxygens (including phenoxy) is 1. The van der Waals surface area contributed by atoms with Crippen LogP contribution in [0, 0.1) is 11.6 Å². The molecule has 9 heteroatoms. The summed E-state index contributed by atoms with van der Waals surface area (Å²) < 4.78 is 31.6. The molecule has 3 amide bonds. The number of carbonyl (C=O) groups is 3. The number of halogens is 2. The SMILES string of the molecule is COC(=O)c1ccc(C2NC(=O)N(C3CC3)C(C)=C2C(=O)Nc2ccc(F)c(F)c2)cc1. The molecule has 1 heterocycles. The number of urea groups is 1. The normalized spacial score (nSPS) is 18.3. The Morgan fingerprint density at radius 1 is 1.09 bits per heavy atom. The predicted molar refractivity (Wildman–Crippen MR) is 112 cm³/mol. The summed E-state index contributed by atoms with van der Waals surface area (Å²) in [5.74, 6) is -3.17. The van der Waals surface area contributed by atoms with Crippen molar-refractivity contribution in [3.05, 3.63) is 76.5 Å². The van der Waals surface area contributed by atoms with Crippen LogP contribution >= 0.6 is 0 Å². The standard InChI is InChI=1S/C23H21F2N3O4/c1-12-19(21(29)26-15-7-10-17(24)18(25)11-15)20(27-23(31)28(12)16-8-9-16)13-3-5-14(6-4-13)22(30)32-2/h3-7,10-11,16,20H,8-9H2,1-2H3,(H,26,29)(H,27,31). The molecule has 7 nitrogen and oxygen atoms in total. The number of hydrogen-bond donors (Lipinski definition) is 2. The highest BCUT2D eigenvalue weighted by Crippen LogP contribution is 2.38. The predicted octanol–water partition coefficient (Wildman–Crippen LogP) is 3.89. The summed E-state index contributed by atoms with van der Waals surface area (Å²) in [5.41, 5.74) is 1.75. The Hall–Kier alpha value is -3.75. The van der Waals surface area contributed by atoms with Crippen molar-refractivity contribution in [3.63, 3.8) is 0 Å². The maximum absolute atomic E-state index is 13.6. The van der Waals surface area contributed by atoms with Crippen LogP contribution < -0.4 is 10.6 Å². The maximum Gasteiger partial charge on any atom is 0.337 e. The van der Waals surface area contributed by atoms with Crippen molar-refractivity contribution in [2.45, 2.75) is 31.8 Å². The summed E-state index contributed by atoms with van der Waals surface area (Å²) in [6.07, 6.45) is 1.67. The highest BCUT2D eigenvalue weighted by atomic mass is 19.2. The summed E-state index contributed by atoms with van der Waals surface area (Å²) in [4.78, 5) is 39.3. The molecule has 0 spiro atoms. The van der Waals surface area contributed by atoms with Crippen LogP contribution in [-0.2, 0) is 9.53 Å². The van der Waals surface area contributed by atoms with Gasteiger partial charge < -0.3 is 15.4 Å². The average Bonchev–Trinajstić information content (AvgIpc) is 3.60. The molecule has 166 valence electrons. The van der Waals surface area contributed by atoms with Crippen molar-refractivity contribution in [2.24, 2.45) is 0 Å². The molecule has 1 aliphatic carbocycles. The van der Waals surface area contributed by atoms with Crippen LogP contribution in [0.25, 0.3) is 0 Å². The molecule has 1 aliphatic heterocycles. The Morgan fingerprint density at radius 3 is 2.38 bits per heavy atom. The number of allylic oxidation sites excluding steroid dienone is 1. The van der Waals surface area contributed by atoms with Gasteiger partial charge in [-0.25, -0.2) is 18.4 Å². The van der Waals surface area contributed by atoms with Crippen molar-refractivity contribution in [3.8, 4) is 0 Å². The van der Waals surface area contributed by atoms with Gasteiger partial charge in [-0.15, -0.1) is 0 Å². The lowest BCUT2D eigenvalue weighted by atomic mass is 9.93. The first kappa shape index (κ1) is 21.5. The molecule has 2 aliphatic rings. The van der Waals surface area contributed by atoms with E-state index in [0.29, 0.717) is 16.8 Å². The zero-order valence-electron chi connectivity index (χ0n) is 17.4. The molecular weight excluding hydrogens is 420 g/mol. The van der Waals surface area contributed by atoms with E-state index >= 15 is 0 Å². The van der Waals surface area contributed by atoms with Crippen LogP contribution in [0.5, 0.6) is 0 Å². The number of nitrogens with zero attached hydrogens (tertiary/aromatic N) is 1.